The van der Waals surface area contributed by atoms with Gasteiger partial charge in [0.15, 0.2) is 17.5 Å². The first-order valence-corrected chi connectivity index (χ1v) is 10.7. The summed E-state index contributed by atoms with van der Waals surface area (Å²) in [5.41, 5.74) is 3.29. The molecule has 0 bridgehead atoms. The average Bonchev–Trinajstić information content (AvgIpc) is 2.78. The summed E-state index contributed by atoms with van der Waals surface area (Å²) in [6.45, 7) is 9.57. The normalized spacial score (nSPS) is 10.8. The van der Waals surface area contributed by atoms with Gasteiger partial charge >= 0.3 is 0 Å². The molecular formula is C24H36IN3O4. The van der Waals surface area contributed by atoms with Crippen LogP contribution in [0.3, 0.4) is 0 Å². The Hall–Kier alpha value is -2.20. The maximum atomic E-state index is 5.92. The summed E-state index contributed by atoms with van der Waals surface area (Å²) in [5.74, 6) is 3.03. The second kappa shape index (κ2) is 15.6. The molecule has 0 fully saturated rings. The molecule has 32 heavy (non-hydrogen) atoms. The third kappa shape index (κ3) is 9.12. The quantitative estimate of drug-likeness (QED) is 0.176. The molecule has 0 spiro atoms. The lowest BCUT2D eigenvalue weighted by atomic mass is 10.1. The highest BCUT2D eigenvalue weighted by Crippen LogP contribution is 2.28. The number of halogens is 1. The third-order valence-corrected chi connectivity index (χ3v) is 4.57. The minimum Gasteiger partial charge on any atom is -0.493 e. The molecular weight excluding hydrogens is 521 g/mol. The summed E-state index contributed by atoms with van der Waals surface area (Å²) >= 11 is 0. The van der Waals surface area contributed by atoms with E-state index < -0.39 is 0 Å². The molecule has 2 aromatic carbocycles. The number of benzene rings is 2. The summed E-state index contributed by atoms with van der Waals surface area (Å²) in [5, 5.41) is 6.68. The largest absolute Gasteiger partial charge is 0.493 e. The van der Waals surface area contributed by atoms with Crippen LogP contribution in [0.2, 0.25) is 0 Å². The number of nitrogens with one attached hydrogen (secondary N) is 2. The number of guanidine groups is 1. The standard InChI is InChI=1S/C24H35N3O4.HI/c1-6-29-12-13-31-22-14-18(3)8-10-20(22)17-27-24(25-4)26-16-19-9-11-21(30-7-2)23(15-19)28-5;/h8-11,14-15H,6-7,12-13,16-17H2,1-5H3,(H2,25,26,27);1H. The first-order valence-electron chi connectivity index (χ1n) is 10.7. The van der Waals surface area contributed by atoms with Crippen molar-refractivity contribution < 1.29 is 18.9 Å². The van der Waals surface area contributed by atoms with E-state index >= 15 is 0 Å². The van der Waals surface area contributed by atoms with Gasteiger partial charge in [-0.05, 0) is 50.1 Å². The highest BCUT2D eigenvalue weighted by molar-refractivity contribution is 14.0. The molecule has 0 aliphatic rings. The van der Waals surface area contributed by atoms with Crippen molar-refractivity contribution in [2.24, 2.45) is 4.99 Å². The van der Waals surface area contributed by atoms with Gasteiger partial charge in [-0.1, -0.05) is 18.2 Å². The number of aryl methyl sites for hydroxylation is 1. The lowest BCUT2D eigenvalue weighted by molar-refractivity contribution is 0.110. The molecule has 2 aromatic rings. The van der Waals surface area contributed by atoms with Crippen molar-refractivity contribution in [2.45, 2.75) is 33.9 Å². The van der Waals surface area contributed by atoms with Crippen molar-refractivity contribution in [1.82, 2.24) is 10.6 Å². The average molecular weight is 557 g/mol. The molecule has 0 atom stereocenters. The first kappa shape index (κ1) is 27.8. The smallest absolute Gasteiger partial charge is 0.191 e. The van der Waals surface area contributed by atoms with Crippen molar-refractivity contribution in [3.63, 3.8) is 0 Å². The van der Waals surface area contributed by atoms with Gasteiger partial charge in [0.25, 0.3) is 0 Å². The van der Waals surface area contributed by atoms with Gasteiger partial charge in [-0.2, -0.15) is 0 Å². The Balaban J connectivity index is 0.00000512. The maximum absolute atomic E-state index is 5.92. The molecule has 0 saturated carbocycles. The molecule has 0 aliphatic heterocycles. The SMILES string of the molecule is CCOCCOc1cc(C)ccc1CNC(=NC)NCc1ccc(OCC)c(OC)c1.I. The van der Waals surface area contributed by atoms with E-state index in [9.17, 15) is 0 Å². The molecule has 0 aliphatic carbocycles. The molecule has 8 heteroatoms. The predicted molar refractivity (Wildman–Crippen MR) is 140 cm³/mol. The molecule has 2 N–H and O–H groups in total. The molecule has 0 radical (unpaired) electrons. The van der Waals surface area contributed by atoms with Gasteiger partial charge in [0.05, 0.1) is 20.3 Å². The van der Waals surface area contributed by atoms with Crippen LogP contribution in [0.25, 0.3) is 0 Å². The molecule has 0 heterocycles. The van der Waals surface area contributed by atoms with Crippen LogP contribution < -0.4 is 24.8 Å². The van der Waals surface area contributed by atoms with Crippen LogP contribution in [0.15, 0.2) is 41.4 Å². The number of methoxy groups -OCH3 is 1. The van der Waals surface area contributed by atoms with Crippen LogP contribution >= 0.6 is 24.0 Å². The first-order chi connectivity index (χ1) is 15.1. The number of hydrogen-bond acceptors (Lipinski definition) is 5. The van der Waals surface area contributed by atoms with Gasteiger partial charge in [0.1, 0.15) is 12.4 Å². The summed E-state index contributed by atoms with van der Waals surface area (Å²) < 4.78 is 22.3. The summed E-state index contributed by atoms with van der Waals surface area (Å²) in [4.78, 5) is 4.32. The Kier molecular flexibility index (Phi) is 13.5. The second-order valence-corrected chi connectivity index (χ2v) is 6.85. The zero-order valence-electron chi connectivity index (χ0n) is 19.7. The predicted octanol–water partition coefficient (Wildman–Crippen LogP) is 4.30. The molecule has 0 saturated heterocycles. The van der Waals surface area contributed by atoms with E-state index in [-0.39, 0.29) is 24.0 Å². The fraction of sp³-hybridized carbons (Fsp3) is 0.458. The van der Waals surface area contributed by atoms with Crippen LogP contribution in [0.1, 0.15) is 30.5 Å². The zero-order chi connectivity index (χ0) is 22.5. The molecule has 0 unspecified atom stereocenters. The van der Waals surface area contributed by atoms with Gasteiger partial charge < -0.3 is 29.6 Å². The molecule has 2 rings (SSSR count). The molecule has 0 aromatic heterocycles. The van der Waals surface area contributed by atoms with E-state index in [1.165, 1.54) is 0 Å². The minimum atomic E-state index is 0. The van der Waals surface area contributed by atoms with Gasteiger partial charge in [-0.15, -0.1) is 24.0 Å². The van der Waals surface area contributed by atoms with E-state index in [1.807, 2.05) is 38.1 Å². The van der Waals surface area contributed by atoms with Crippen molar-refractivity contribution in [2.75, 3.05) is 40.6 Å². The van der Waals surface area contributed by atoms with Crippen molar-refractivity contribution in [1.29, 1.82) is 0 Å². The Morgan fingerprint density at radius 1 is 0.875 bits per heavy atom. The topological polar surface area (TPSA) is 73.3 Å². The lowest BCUT2D eigenvalue weighted by Crippen LogP contribution is -2.36. The van der Waals surface area contributed by atoms with E-state index in [0.717, 1.165) is 33.9 Å². The molecule has 0 amide bonds. The second-order valence-electron chi connectivity index (χ2n) is 6.85. The lowest BCUT2D eigenvalue weighted by Gasteiger charge is -2.16. The van der Waals surface area contributed by atoms with E-state index in [2.05, 4.69) is 34.7 Å². The van der Waals surface area contributed by atoms with Gasteiger partial charge in [0, 0.05) is 32.3 Å². The Morgan fingerprint density at radius 3 is 2.34 bits per heavy atom. The number of rotatable bonds is 12. The highest BCUT2D eigenvalue weighted by Gasteiger charge is 2.08. The monoisotopic (exact) mass is 557 g/mol. The number of ether oxygens (including phenoxy) is 4. The molecule has 178 valence electrons. The highest BCUT2D eigenvalue weighted by atomic mass is 127. The maximum Gasteiger partial charge on any atom is 0.191 e. The Labute approximate surface area is 208 Å². The van der Waals surface area contributed by atoms with Crippen LogP contribution in [0.4, 0.5) is 0 Å². The van der Waals surface area contributed by atoms with Gasteiger partial charge in [0.2, 0.25) is 0 Å². The van der Waals surface area contributed by atoms with Gasteiger partial charge in [-0.25, -0.2) is 0 Å². The molecule has 7 nitrogen and oxygen atoms in total. The number of nitrogens with zero attached hydrogens (tertiary/aromatic N) is 1. The fourth-order valence-electron chi connectivity index (χ4n) is 2.98. The van der Waals surface area contributed by atoms with E-state index in [4.69, 9.17) is 18.9 Å². The van der Waals surface area contributed by atoms with Crippen LogP contribution in [0, 0.1) is 6.92 Å². The van der Waals surface area contributed by atoms with Crippen LogP contribution in [0.5, 0.6) is 17.2 Å². The summed E-state index contributed by atoms with van der Waals surface area (Å²) in [6, 6.07) is 12.1. The number of hydrogen-bond donors (Lipinski definition) is 2. The fourth-order valence-corrected chi connectivity index (χ4v) is 2.98. The van der Waals surface area contributed by atoms with Crippen LogP contribution in [-0.4, -0.2) is 46.5 Å². The van der Waals surface area contributed by atoms with E-state index in [0.29, 0.717) is 45.5 Å². The zero-order valence-corrected chi connectivity index (χ0v) is 22.0. The van der Waals surface area contributed by atoms with Crippen molar-refractivity contribution >= 4 is 29.9 Å². The Bertz CT molecular complexity index is 846. The van der Waals surface area contributed by atoms with Gasteiger partial charge in [-0.3, -0.25) is 4.99 Å². The van der Waals surface area contributed by atoms with Crippen molar-refractivity contribution in [3.8, 4) is 17.2 Å². The van der Waals surface area contributed by atoms with Crippen LogP contribution in [-0.2, 0) is 17.8 Å². The minimum absolute atomic E-state index is 0. The summed E-state index contributed by atoms with van der Waals surface area (Å²) in [7, 11) is 3.40. The third-order valence-electron chi connectivity index (χ3n) is 4.57. The van der Waals surface area contributed by atoms with E-state index in [1.54, 1.807) is 14.2 Å². The summed E-state index contributed by atoms with van der Waals surface area (Å²) in [6.07, 6.45) is 0. The Morgan fingerprint density at radius 2 is 1.66 bits per heavy atom. The number of aliphatic imine (C=N–C) groups is 1. The van der Waals surface area contributed by atoms with Crippen molar-refractivity contribution in [3.05, 3.63) is 53.1 Å².